The Morgan fingerprint density at radius 3 is 2.77 bits per heavy atom. The molecule has 0 spiro atoms. The van der Waals surface area contributed by atoms with Gasteiger partial charge in [-0.05, 0) is 54.1 Å². The van der Waals surface area contributed by atoms with Crippen LogP contribution >= 0.6 is 11.6 Å². The van der Waals surface area contributed by atoms with Crippen LogP contribution in [0.1, 0.15) is 11.1 Å². The standard InChI is InChI=1S/C24H18ClFN4O/c25-21-13-19(7-9-23(21)31-14-17-3-1-5-18(26)11-17)30-24-20-12-16(4-2-10-27)6-8-22(20)28-15-29-24/h1,3,5-9,11-13,15H,10,14,27H2,(H,28,29,30). The number of hydrogen-bond donors (Lipinski definition) is 2. The Hall–Kier alpha value is -3.66. The van der Waals surface area contributed by atoms with Gasteiger partial charge in [-0.2, -0.15) is 0 Å². The van der Waals surface area contributed by atoms with Crippen LogP contribution in [0.2, 0.25) is 5.02 Å². The zero-order valence-electron chi connectivity index (χ0n) is 16.4. The quantitative estimate of drug-likeness (QED) is 0.431. The molecular formula is C24H18ClFN4O. The first-order chi connectivity index (χ1) is 15.1. The largest absolute Gasteiger partial charge is 0.487 e. The molecule has 5 nitrogen and oxygen atoms in total. The van der Waals surface area contributed by atoms with E-state index in [9.17, 15) is 4.39 Å². The van der Waals surface area contributed by atoms with E-state index in [4.69, 9.17) is 22.1 Å². The molecule has 1 heterocycles. The average molecular weight is 433 g/mol. The molecule has 4 aromatic rings. The molecule has 3 N–H and O–H groups in total. The summed E-state index contributed by atoms with van der Waals surface area (Å²) in [4.78, 5) is 8.65. The van der Waals surface area contributed by atoms with E-state index in [0.717, 1.165) is 27.7 Å². The van der Waals surface area contributed by atoms with Crippen LogP contribution in [-0.4, -0.2) is 16.5 Å². The normalized spacial score (nSPS) is 10.4. The predicted molar refractivity (Wildman–Crippen MR) is 121 cm³/mol. The molecule has 0 amide bonds. The third-order valence-electron chi connectivity index (χ3n) is 4.45. The van der Waals surface area contributed by atoms with Gasteiger partial charge in [0.25, 0.3) is 0 Å². The van der Waals surface area contributed by atoms with Gasteiger partial charge >= 0.3 is 0 Å². The minimum Gasteiger partial charge on any atom is -0.487 e. The van der Waals surface area contributed by atoms with E-state index in [2.05, 4.69) is 27.1 Å². The van der Waals surface area contributed by atoms with Crippen molar-refractivity contribution < 1.29 is 9.13 Å². The number of nitrogens with zero attached hydrogens (tertiary/aromatic N) is 2. The lowest BCUT2D eigenvalue weighted by Crippen LogP contribution is -1.99. The first kappa shape index (κ1) is 20.6. The molecular weight excluding hydrogens is 415 g/mol. The van der Waals surface area contributed by atoms with E-state index < -0.39 is 0 Å². The van der Waals surface area contributed by atoms with Crippen LogP contribution in [0.5, 0.6) is 5.75 Å². The maximum absolute atomic E-state index is 13.3. The first-order valence-electron chi connectivity index (χ1n) is 9.50. The molecule has 0 fully saturated rings. The van der Waals surface area contributed by atoms with E-state index in [1.165, 1.54) is 18.5 Å². The van der Waals surface area contributed by atoms with Crippen LogP contribution < -0.4 is 15.8 Å². The highest BCUT2D eigenvalue weighted by atomic mass is 35.5. The van der Waals surface area contributed by atoms with Crippen LogP contribution in [0.25, 0.3) is 10.9 Å². The number of halogens is 2. The van der Waals surface area contributed by atoms with Gasteiger partial charge in [-0.1, -0.05) is 35.6 Å². The van der Waals surface area contributed by atoms with Gasteiger partial charge < -0.3 is 15.8 Å². The Bertz CT molecular complexity index is 1300. The minimum atomic E-state index is -0.305. The molecule has 154 valence electrons. The number of rotatable bonds is 5. The Balaban J connectivity index is 1.54. The number of fused-ring (bicyclic) bond motifs is 1. The molecule has 0 aliphatic rings. The fraction of sp³-hybridized carbons (Fsp3) is 0.0833. The molecule has 0 aliphatic heterocycles. The molecule has 0 atom stereocenters. The summed E-state index contributed by atoms with van der Waals surface area (Å²) < 4.78 is 19.0. The second-order valence-corrected chi connectivity index (χ2v) is 7.06. The van der Waals surface area contributed by atoms with Crippen molar-refractivity contribution in [2.24, 2.45) is 5.73 Å². The number of benzene rings is 3. The van der Waals surface area contributed by atoms with Crippen LogP contribution in [0.3, 0.4) is 0 Å². The highest BCUT2D eigenvalue weighted by Gasteiger charge is 2.08. The summed E-state index contributed by atoms with van der Waals surface area (Å²) >= 11 is 6.39. The second kappa shape index (κ2) is 9.43. The van der Waals surface area contributed by atoms with Gasteiger partial charge in [0.15, 0.2) is 0 Å². The summed E-state index contributed by atoms with van der Waals surface area (Å²) in [5.41, 5.74) is 8.54. The van der Waals surface area contributed by atoms with Crippen molar-refractivity contribution in [3.8, 4) is 17.6 Å². The molecule has 0 unspecified atom stereocenters. The second-order valence-electron chi connectivity index (χ2n) is 6.65. The summed E-state index contributed by atoms with van der Waals surface area (Å²) in [6, 6.07) is 17.3. The highest BCUT2D eigenvalue weighted by molar-refractivity contribution is 6.32. The smallest absolute Gasteiger partial charge is 0.141 e. The molecule has 3 aromatic carbocycles. The molecule has 0 saturated heterocycles. The van der Waals surface area contributed by atoms with Gasteiger partial charge in [0.1, 0.15) is 30.3 Å². The summed E-state index contributed by atoms with van der Waals surface area (Å²) in [5, 5.41) is 4.52. The molecule has 1 aromatic heterocycles. The lowest BCUT2D eigenvalue weighted by Gasteiger charge is -2.12. The van der Waals surface area contributed by atoms with Crippen molar-refractivity contribution in [2.75, 3.05) is 11.9 Å². The number of aromatic nitrogens is 2. The van der Waals surface area contributed by atoms with Crippen molar-refractivity contribution in [3.63, 3.8) is 0 Å². The maximum atomic E-state index is 13.3. The lowest BCUT2D eigenvalue weighted by molar-refractivity contribution is 0.306. The third-order valence-corrected chi connectivity index (χ3v) is 4.74. The molecule has 0 aliphatic carbocycles. The Labute approximate surface area is 184 Å². The van der Waals surface area contributed by atoms with Crippen molar-refractivity contribution in [3.05, 3.63) is 89.0 Å². The first-order valence-corrected chi connectivity index (χ1v) is 9.88. The molecule has 7 heteroatoms. The zero-order valence-corrected chi connectivity index (χ0v) is 17.2. The third kappa shape index (κ3) is 5.10. The Morgan fingerprint density at radius 1 is 1.06 bits per heavy atom. The zero-order chi connectivity index (χ0) is 21.6. The van der Waals surface area contributed by atoms with E-state index in [1.807, 2.05) is 24.3 Å². The van der Waals surface area contributed by atoms with Crippen molar-refractivity contribution in [1.82, 2.24) is 9.97 Å². The van der Waals surface area contributed by atoms with Gasteiger partial charge in [-0.25, -0.2) is 14.4 Å². The van der Waals surface area contributed by atoms with Crippen LogP contribution in [0.4, 0.5) is 15.9 Å². The van der Waals surface area contributed by atoms with Crippen molar-refractivity contribution in [2.45, 2.75) is 6.61 Å². The van der Waals surface area contributed by atoms with Crippen LogP contribution in [-0.2, 0) is 6.61 Å². The van der Waals surface area contributed by atoms with Crippen molar-refractivity contribution in [1.29, 1.82) is 0 Å². The van der Waals surface area contributed by atoms with Gasteiger partial charge in [0.05, 0.1) is 17.1 Å². The van der Waals surface area contributed by atoms with E-state index in [0.29, 0.717) is 23.1 Å². The van der Waals surface area contributed by atoms with Gasteiger partial charge in [0, 0.05) is 16.6 Å². The fourth-order valence-corrected chi connectivity index (χ4v) is 3.24. The number of ether oxygens (including phenoxy) is 1. The Morgan fingerprint density at radius 2 is 1.97 bits per heavy atom. The van der Waals surface area contributed by atoms with Crippen molar-refractivity contribution >= 4 is 34.0 Å². The van der Waals surface area contributed by atoms with Gasteiger partial charge in [-0.15, -0.1) is 0 Å². The monoisotopic (exact) mass is 432 g/mol. The summed E-state index contributed by atoms with van der Waals surface area (Å²) in [6.07, 6.45) is 1.49. The van der Waals surface area contributed by atoms with Crippen LogP contribution in [0.15, 0.2) is 67.0 Å². The minimum absolute atomic E-state index is 0.216. The molecule has 0 bridgehead atoms. The maximum Gasteiger partial charge on any atom is 0.141 e. The summed E-state index contributed by atoms with van der Waals surface area (Å²) in [5.74, 6) is 6.69. The topological polar surface area (TPSA) is 73.1 Å². The Kier molecular flexibility index (Phi) is 6.27. The molecule has 0 saturated carbocycles. The number of nitrogens with one attached hydrogen (secondary N) is 1. The van der Waals surface area contributed by atoms with Gasteiger partial charge in [0.2, 0.25) is 0 Å². The van der Waals surface area contributed by atoms with E-state index in [1.54, 1.807) is 24.3 Å². The van der Waals surface area contributed by atoms with E-state index >= 15 is 0 Å². The number of nitrogens with two attached hydrogens (primary N) is 1. The summed E-state index contributed by atoms with van der Waals surface area (Å²) in [6.45, 7) is 0.508. The predicted octanol–water partition coefficient (Wildman–Crippen LogP) is 5.06. The summed E-state index contributed by atoms with van der Waals surface area (Å²) in [7, 11) is 0. The molecule has 0 radical (unpaired) electrons. The van der Waals surface area contributed by atoms with Gasteiger partial charge in [-0.3, -0.25) is 0 Å². The number of hydrogen-bond acceptors (Lipinski definition) is 5. The molecule has 4 rings (SSSR count). The highest BCUT2D eigenvalue weighted by Crippen LogP contribution is 2.31. The lowest BCUT2D eigenvalue weighted by atomic mass is 10.1. The fourth-order valence-electron chi connectivity index (χ4n) is 3.01. The number of anilines is 2. The molecule has 31 heavy (non-hydrogen) atoms. The SMILES string of the molecule is NCC#Cc1ccc2ncnc(Nc3ccc(OCc4cccc(F)c4)c(Cl)c3)c2c1. The average Bonchev–Trinajstić information content (AvgIpc) is 2.77. The van der Waals surface area contributed by atoms with E-state index in [-0.39, 0.29) is 12.4 Å². The van der Waals surface area contributed by atoms with Crippen LogP contribution in [0, 0.1) is 17.7 Å².